The van der Waals surface area contributed by atoms with Crippen molar-refractivity contribution < 1.29 is 80.2 Å². The smallest absolute Gasteiger partial charge is 0.462 e. The monoisotopic (exact) mass is 1570 g/mol. The molecule has 5 unspecified atom stereocenters. The lowest BCUT2D eigenvalue weighted by Crippen LogP contribution is -2.30. The summed E-state index contributed by atoms with van der Waals surface area (Å²) in [5.41, 5.74) is 0. The highest BCUT2D eigenvalue weighted by molar-refractivity contribution is 7.47. The van der Waals surface area contributed by atoms with Gasteiger partial charge in [0.2, 0.25) is 0 Å². The van der Waals surface area contributed by atoms with Crippen molar-refractivity contribution in [1.29, 1.82) is 0 Å². The highest BCUT2D eigenvalue weighted by Gasteiger charge is 2.30. The molecule has 19 heteroatoms. The van der Waals surface area contributed by atoms with Gasteiger partial charge < -0.3 is 33.8 Å². The standard InChI is InChI=1S/C91H140O17P2/c1-5-9-13-17-21-25-29-33-37-41-42-46-48-52-56-60-64-68-72-76-89(94)102-82-87(108-91(96)78-74-70-66-62-58-54-50-45-40-36-32-28-24-20-16-12-8-4)84-106-110(99,100)104-80-85(92)79-103-109(97,98)105-83-86(107-90(95)77-73-69-65-61-57-53-49-44-39-35-31-27-23-19-15-11-7-3)81-101-88(93)75-71-67-63-59-55-51-47-43-38-34-30-26-22-18-14-10-6-2/h9-16,21-28,33-40,42,46-47,49-51,53-54,59,61-63,65-66,85-87,92H,5-8,17-20,29-32,41,43-45,48,52,55-58,60,64,67-84H2,1-4H3,(H,97,98)(H,99,100)/b13-9-,14-10-,15-11-,16-12-,25-21-,26-22-,27-23-,28-24-,37-33-,38-34-,39-35-,40-36-,46-42-,51-47-,53-49-,54-50-,63-59-,65-61-,66-62-. The Balaban J connectivity index is 5.58. The van der Waals surface area contributed by atoms with Crippen LogP contribution in [0.3, 0.4) is 0 Å². The molecule has 0 aliphatic carbocycles. The number of rotatable bonds is 73. The number of hydrogen-bond acceptors (Lipinski definition) is 15. The minimum atomic E-state index is -5.03. The molecule has 0 radical (unpaired) electrons. The van der Waals surface area contributed by atoms with Gasteiger partial charge in [0.05, 0.1) is 26.4 Å². The second-order valence-electron chi connectivity index (χ2n) is 25.8. The second kappa shape index (κ2) is 80.2. The number of carbonyl (C=O) groups excluding carboxylic acids is 4. The summed E-state index contributed by atoms with van der Waals surface area (Å²) in [6.07, 6.45) is 103. The molecular formula is C91H140O17P2. The first-order valence-corrected chi connectivity index (χ1v) is 43.6. The zero-order valence-corrected chi connectivity index (χ0v) is 69.1. The maximum atomic E-state index is 13.1. The molecule has 0 amide bonds. The summed E-state index contributed by atoms with van der Waals surface area (Å²) in [7, 11) is -10.0. The third-order valence-electron chi connectivity index (χ3n) is 15.6. The van der Waals surface area contributed by atoms with Crippen LogP contribution >= 0.6 is 15.6 Å². The Kier molecular flexibility index (Phi) is 75.2. The molecule has 0 saturated heterocycles. The minimum absolute atomic E-state index is 0.000184. The molecule has 0 aromatic heterocycles. The lowest BCUT2D eigenvalue weighted by Gasteiger charge is -2.21. The van der Waals surface area contributed by atoms with Gasteiger partial charge in [-0.3, -0.25) is 37.3 Å². The summed E-state index contributed by atoms with van der Waals surface area (Å²) in [5.74, 6) is -2.43. The van der Waals surface area contributed by atoms with Crippen molar-refractivity contribution in [3.63, 3.8) is 0 Å². The molecule has 17 nitrogen and oxygen atoms in total. The van der Waals surface area contributed by atoms with E-state index < -0.39 is 97.5 Å². The number of hydrogen-bond donors (Lipinski definition) is 3. The van der Waals surface area contributed by atoms with Crippen molar-refractivity contribution in [2.45, 2.75) is 277 Å². The molecular weight excluding hydrogens is 1430 g/mol. The molecule has 0 fully saturated rings. The second-order valence-corrected chi connectivity index (χ2v) is 28.7. The number of esters is 4. The van der Waals surface area contributed by atoms with Gasteiger partial charge in [-0.05, 0) is 180 Å². The molecule has 110 heavy (non-hydrogen) atoms. The van der Waals surface area contributed by atoms with Gasteiger partial charge in [0.25, 0.3) is 0 Å². The van der Waals surface area contributed by atoms with E-state index in [4.69, 9.17) is 37.0 Å². The summed E-state index contributed by atoms with van der Waals surface area (Å²) >= 11 is 0. The van der Waals surface area contributed by atoms with E-state index in [2.05, 4.69) is 222 Å². The molecule has 0 heterocycles. The maximum absolute atomic E-state index is 13.1. The molecule has 0 aromatic rings. The molecule has 616 valence electrons. The number of ether oxygens (including phenoxy) is 4. The fourth-order valence-electron chi connectivity index (χ4n) is 9.61. The lowest BCUT2D eigenvalue weighted by molar-refractivity contribution is -0.161. The van der Waals surface area contributed by atoms with Crippen LogP contribution in [-0.2, 0) is 65.4 Å². The van der Waals surface area contributed by atoms with E-state index in [-0.39, 0.29) is 25.7 Å². The number of carbonyl (C=O) groups is 4. The summed E-state index contributed by atoms with van der Waals surface area (Å²) in [4.78, 5) is 73.1. The molecule has 0 bridgehead atoms. The molecule has 0 aromatic carbocycles. The molecule has 0 spiro atoms. The van der Waals surface area contributed by atoms with Gasteiger partial charge in [-0.1, -0.05) is 284 Å². The number of allylic oxidation sites excluding steroid dienone is 38. The zero-order chi connectivity index (χ0) is 80.3. The summed E-state index contributed by atoms with van der Waals surface area (Å²) < 4.78 is 68.5. The minimum Gasteiger partial charge on any atom is -0.462 e. The van der Waals surface area contributed by atoms with Crippen LogP contribution in [0.25, 0.3) is 0 Å². The van der Waals surface area contributed by atoms with E-state index in [1.807, 2.05) is 36.5 Å². The lowest BCUT2D eigenvalue weighted by atomic mass is 10.1. The van der Waals surface area contributed by atoms with Crippen LogP contribution in [0.4, 0.5) is 0 Å². The predicted molar refractivity (Wildman–Crippen MR) is 454 cm³/mol. The SMILES string of the molecule is CC/C=C\C/C=C\C/C=C\C/C=C\C/C=C\CCCC(=O)OCC(COP(=O)(O)OCC(O)COP(=O)(O)OCC(COC(=O)CCCCCCCC/C=C\C/C=C\C/C=C\C/C=C\CC)OC(=O)CCC/C=C\C/C=C\C/C=C\C/C=C\C/C=C\CC)OC(=O)CCC/C=C\C/C=C\C/C=C\C/C=C\C/C=C\CC. The van der Waals surface area contributed by atoms with Crippen LogP contribution in [0.2, 0.25) is 0 Å². The quantitative estimate of drug-likeness (QED) is 0.0169. The number of phosphoric acid groups is 2. The summed E-state index contributed by atoms with van der Waals surface area (Å²) in [6, 6.07) is 0. The van der Waals surface area contributed by atoms with E-state index in [1.54, 1.807) is 0 Å². The Labute approximate surface area is 664 Å². The van der Waals surface area contributed by atoms with Gasteiger partial charge in [0, 0.05) is 25.7 Å². The van der Waals surface area contributed by atoms with E-state index >= 15 is 0 Å². The van der Waals surface area contributed by atoms with Gasteiger partial charge in [-0.15, -0.1) is 0 Å². The largest absolute Gasteiger partial charge is 0.472 e. The van der Waals surface area contributed by atoms with Gasteiger partial charge >= 0.3 is 39.5 Å². The summed E-state index contributed by atoms with van der Waals surface area (Å²) in [5, 5.41) is 10.7. The predicted octanol–water partition coefficient (Wildman–Crippen LogP) is 24.2. The summed E-state index contributed by atoms with van der Waals surface area (Å²) in [6.45, 7) is 4.16. The normalized spacial score (nSPS) is 15.0. The van der Waals surface area contributed by atoms with Crippen LogP contribution in [-0.4, -0.2) is 96.7 Å². The van der Waals surface area contributed by atoms with Crippen LogP contribution in [0, 0.1) is 0 Å². The van der Waals surface area contributed by atoms with Crippen LogP contribution < -0.4 is 0 Å². The Bertz CT molecular complexity index is 3000. The fourth-order valence-corrected chi connectivity index (χ4v) is 11.2. The Morgan fingerprint density at radius 3 is 0.718 bits per heavy atom. The highest BCUT2D eigenvalue weighted by atomic mass is 31.2. The van der Waals surface area contributed by atoms with Crippen LogP contribution in [0.5, 0.6) is 0 Å². The average molecular weight is 1570 g/mol. The average Bonchev–Trinajstić information content (AvgIpc) is 0.904. The van der Waals surface area contributed by atoms with Crippen molar-refractivity contribution in [3.8, 4) is 0 Å². The third kappa shape index (κ3) is 79.2. The fraction of sp³-hybridized carbons (Fsp3) is 0.538. The highest BCUT2D eigenvalue weighted by Crippen LogP contribution is 2.45. The van der Waals surface area contributed by atoms with E-state index in [0.29, 0.717) is 44.9 Å². The van der Waals surface area contributed by atoms with Gasteiger partial charge in [0.1, 0.15) is 19.3 Å². The van der Waals surface area contributed by atoms with Gasteiger partial charge in [0.15, 0.2) is 12.2 Å². The van der Waals surface area contributed by atoms with Crippen molar-refractivity contribution >= 4 is 39.5 Å². The zero-order valence-electron chi connectivity index (χ0n) is 67.3. The van der Waals surface area contributed by atoms with Crippen molar-refractivity contribution in [1.82, 2.24) is 0 Å². The molecule has 0 aliphatic rings. The topological polar surface area (TPSA) is 237 Å². The van der Waals surface area contributed by atoms with Gasteiger partial charge in [-0.25, -0.2) is 9.13 Å². The molecule has 5 atom stereocenters. The van der Waals surface area contributed by atoms with Crippen LogP contribution in [0.1, 0.15) is 259 Å². The Hall–Kier alpha value is -6.88. The van der Waals surface area contributed by atoms with Gasteiger partial charge in [-0.2, -0.15) is 0 Å². The first-order chi connectivity index (χ1) is 53.7. The Morgan fingerprint density at radius 1 is 0.255 bits per heavy atom. The maximum Gasteiger partial charge on any atom is 0.472 e. The first kappa shape index (κ1) is 103. The van der Waals surface area contributed by atoms with Crippen molar-refractivity contribution in [3.05, 3.63) is 231 Å². The number of aliphatic hydroxyl groups excluding tert-OH is 1. The van der Waals surface area contributed by atoms with Crippen LogP contribution in [0.15, 0.2) is 231 Å². The van der Waals surface area contributed by atoms with E-state index in [0.717, 1.165) is 161 Å². The van der Waals surface area contributed by atoms with Crippen molar-refractivity contribution in [2.24, 2.45) is 0 Å². The molecule has 0 aliphatic heterocycles. The number of phosphoric ester groups is 2. The molecule has 3 N–H and O–H groups in total. The van der Waals surface area contributed by atoms with E-state index in [9.17, 15) is 43.2 Å². The van der Waals surface area contributed by atoms with E-state index in [1.165, 1.54) is 0 Å². The molecule has 0 rings (SSSR count). The third-order valence-corrected chi connectivity index (χ3v) is 17.5. The molecule has 0 saturated carbocycles. The number of aliphatic hydroxyl groups is 1. The van der Waals surface area contributed by atoms with Crippen molar-refractivity contribution in [2.75, 3.05) is 39.6 Å². The first-order valence-electron chi connectivity index (χ1n) is 40.6. The Morgan fingerprint density at radius 2 is 0.455 bits per heavy atom. The number of unbranched alkanes of at least 4 members (excludes halogenated alkanes) is 9.